The SMILES string of the molecule is CN(C)/C=C(\C#N)C(=O)c1ccc(C(C)(C)NC(=O)OC(C)(C)C)cc1. The average Bonchev–Trinajstić information content (AvgIpc) is 2.49. The molecular weight excluding hydrogens is 330 g/mol. The number of Topliss-reactive ketones (excluding diaryl/α,β-unsaturated/α-hetero) is 1. The zero-order chi connectivity index (χ0) is 20.1. The predicted molar refractivity (Wildman–Crippen MR) is 101 cm³/mol. The van der Waals surface area contributed by atoms with E-state index in [1.807, 2.05) is 19.9 Å². The monoisotopic (exact) mass is 357 g/mol. The van der Waals surface area contributed by atoms with Gasteiger partial charge in [-0.15, -0.1) is 0 Å². The van der Waals surface area contributed by atoms with E-state index in [9.17, 15) is 9.59 Å². The predicted octanol–water partition coefficient (Wildman–Crippen LogP) is 3.60. The fourth-order valence-electron chi connectivity index (χ4n) is 2.22. The highest BCUT2D eigenvalue weighted by molar-refractivity contribution is 6.11. The summed E-state index contributed by atoms with van der Waals surface area (Å²) >= 11 is 0. The van der Waals surface area contributed by atoms with Gasteiger partial charge in [0.15, 0.2) is 0 Å². The van der Waals surface area contributed by atoms with Crippen molar-refractivity contribution < 1.29 is 14.3 Å². The van der Waals surface area contributed by atoms with Gasteiger partial charge in [0.1, 0.15) is 17.2 Å². The number of ether oxygens (including phenoxy) is 1. The van der Waals surface area contributed by atoms with Crippen LogP contribution in [0.15, 0.2) is 36.0 Å². The summed E-state index contributed by atoms with van der Waals surface area (Å²) in [6, 6.07) is 8.74. The second-order valence-corrected chi connectivity index (χ2v) is 7.78. The molecule has 0 aromatic heterocycles. The molecular formula is C20H27N3O3. The van der Waals surface area contributed by atoms with E-state index >= 15 is 0 Å². The molecule has 0 heterocycles. The number of benzene rings is 1. The van der Waals surface area contributed by atoms with Crippen LogP contribution >= 0.6 is 0 Å². The van der Waals surface area contributed by atoms with Crippen molar-refractivity contribution in [2.24, 2.45) is 0 Å². The minimum absolute atomic E-state index is 0.0638. The summed E-state index contributed by atoms with van der Waals surface area (Å²) in [6.07, 6.45) is 0.980. The number of nitrogens with one attached hydrogen (secondary N) is 1. The fourth-order valence-corrected chi connectivity index (χ4v) is 2.22. The standard InChI is InChI=1S/C20H27N3O3/c1-19(2,3)26-18(25)22-20(4,5)16-10-8-14(9-11-16)17(24)15(12-21)13-23(6)7/h8-11,13H,1-7H3,(H,22,25)/b15-13+. The smallest absolute Gasteiger partial charge is 0.408 e. The molecule has 1 amide bonds. The van der Waals surface area contributed by atoms with E-state index < -0.39 is 17.2 Å². The summed E-state index contributed by atoms with van der Waals surface area (Å²) in [7, 11) is 3.50. The molecule has 26 heavy (non-hydrogen) atoms. The number of alkyl carbamates (subject to hydrolysis) is 1. The Hall–Kier alpha value is -2.81. The first-order valence-electron chi connectivity index (χ1n) is 8.30. The lowest BCUT2D eigenvalue weighted by molar-refractivity contribution is 0.0470. The number of hydrogen-bond acceptors (Lipinski definition) is 5. The molecule has 1 N–H and O–H groups in total. The van der Waals surface area contributed by atoms with Gasteiger partial charge in [-0.3, -0.25) is 4.79 Å². The van der Waals surface area contributed by atoms with Crippen LogP contribution < -0.4 is 5.32 Å². The molecule has 1 aromatic carbocycles. The lowest BCUT2D eigenvalue weighted by Crippen LogP contribution is -2.43. The third-order valence-electron chi connectivity index (χ3n) is 3.43. The summed E-state index contributed by atoms with van der Waals surface area (Å²) in [6.45, 7) is 9.09. The van der Waals surface area contributed by atoms with Crippen LogP contribution in [0.5, 0.6) is 0 Å². The number of carbonyl (C=O) groups excluding carboxylic acids is 2. The van der Waals surface area contributed by atoms with Gasteiger partial charge in [-0.2, -0.15) is 5.26 Å². The molecule has 0 bridgehead atoms. The molecule has 0 spiro atoms. The zero-order valence-electron chi connectivity index (χ0n) is 16.5. The second-order valence-electron chi connectivity index (χ2n) is 7.78. The summed E-state index contributed by atoms with van der Waals surface area (Å²) in [5, 5.41) is 12.0. The van der Waals surface area contributed by atoms with E-state index in [1.165, 1.54) is 6.20 Å². The Morgan fingerprint density at radius 2 is 1.65 bits per heavy atom. The van der Waals surface area contributed by atoms with Crippen LogP contribution in [0.3, 0.4) is 0 Å². The molecule has 1 aromatic rings. The second kappa shape index (κ2) is 8.05. The maximum absolute atomic E-state index is 12.4. The molecule has 1 rings (SSSR count). The number of nitrogens with zero attached hydrogens (tertiary/aromatic N) is 2. The Morgan fingerprint density at radius 1 is 1.12 bits per heavy atom. The highest BCUT2D eigenvalue weighted by Gasteiger charge is 2.26. The summed E-state index contributed by atoms with van der Waals surface area (Å²) < 4.78 is 5.29. The first kappa shape index (κ1) is 21.2. The van der Waals surface area contributed by atoms with Crippen molar-refractivity contribution >= 4 is 11.9 Å². The first-order valence-corrected chi connectivity index (χ1v) is 8.30. The van der Waals surface area contributed by atoms with Gasteiger partial charge in [-0.05, 0) is 40.2 Å². The van der Waals surface area contributed by atoms with Crippen molar-refractivity contribution in [2.45, 2.75) is 45.8 Å². The normalized spacial score (nSPS) is 12.2. The van der Waals surface area contributed by atoms with Crippen LogP contribution in [0.1, 0.15) is 50.5 Å². The Kier molecular flexibility index (Phi) is 6.57. The highest BCUT2D eigenvalue weighted by atomic mass is 16.6. The molecule has 6 nitrogen and oxygen atoms in total. The maximum atomic E-state index is 12.4. The van der Waals surface area contributed by atoms with Crippen LogP contribution in [0, 0.1) is 11.3 Å². The Morgan fingerprint density at radius 3 is 2.08 bits per heavy atom. The summed E-state index contributed by atoms with van der Waals surface area (Å²) in [4.78, 5) is 26.1. The summed E-state index contributed by atoms with van der Waals surface area (Å²) in [5.74, 6) is -0.342. The Bertz CT molecular complexity index is 733. The molecule has 6 heteroatoms. The fraction of sp³-hybridized carbons (Fsp3) is 0.450. The van der Waals surface area contributed by atoms with Crippen LogP contribution in [0.25, 0.3) is 0 Å². The van der Waals surface area contributed by atoms with E-state index in [1.54, 1.807) is 64.0 Å². The molecule has 0 saturated heterocycles. The van der Waals surface area contributed by atoms with Crippen molar-refractivity contribution in [2.75, 3.05) is 14.1 Å². The number of amides is 1. The van der Waals surface area contributed by atoms with Crippen molar-refractivity contribution in [3.63, 3.8) is 0 Å². The zero-order valence-corrected chi connectivity index (χ0v) is 16.5. The van der Waals surface area contributed by atoms with Gasteiger partial charge in [0, 0.05) is 25.9 Å². The number of nitriles is 1. The van der Waals surface area contributed by atoms with Crippen molar-refractivity contribution in [3.05, 3.63) is 47.2 Å². The quantitative estimate of drug-likeness (QED) is 0.495. The molecule has 0 radical (unpaired) electrons. The molecule has 0 aliphatic rings. The van der Waals surface area contributed by atoms with E-state index in [2.05, 4.69) is 5.32 Å². The van der Waals surface area contributed by atoms with Crippen molar-refractivity contribution in [1.82, 2.24) is 10.2 Å². The third-order valence-corrected chi connectivity index (χ3v) is 3.43. The number of hydrogen-bond donors (Lipinski definition) is 1. The van der Waals surface area contributed by atoms with E-state index in [4.69, 9.17) is 10.00 Å². The first-order chi connectivity index (χ1) is 11.9. The van der Waals surface area contributed by atoms with Gasteiger partial charge in [-0.25, -0.2) is 4.79 Å². The topological polar surface area (TPSA) is 82.4 Å². The van der Waals surface area contributed by atoms with Crippen LogP contribution in [-0.2, 0) is 10.3 Å². The third kappa shape index (κ3) is 6.25. The van der Waals surface area contributed by atoms with Crippen molar-refractivity contribution in [1.29, 1.82) is 5.26 Å². The molecule has 0 unspecified atom stereocenters. The van der Waals surface area contributed by atoms with Crippen LogP contribution in [0.4, 0.5) is 4.79 Å². The van der Waals surface area contributed by atoms with Gasteiger partial charge in [0.2, 0.25) is 5.78 Å². The number of rotatable bonds is 5. The Balaban J connectivity index is 2.97. The number of carbonyl (C=O) groups is 2. The molecule has 140 valence electrons. The van der Waals surface area contributed by atoms with E-state index in [-0.39, 0.29) is 11.4 Å². The molecule has 0 aliphatic carbocycles. The molecule has 0 aliphatic heterocycles. The molecule has 0 fully saturated rings. The lowest BCUT2D eigenvalue weighted by Gasteiger charge is -2.29. The molecule has 0 saturated carbocycles. The minimum Gasteiger partial charge on any atom is -0.444 e. The maximum Gasteiger partial charge on any atom is 0.408 e. The van der Waals surface area contributed by atoms with E-state index in [0.717, 1.165) is 5.56 Å². The lowest BCUT2D eigenvalue weighted by atomic mass is 9.92. The largest absolute Gasteiger partial charge is 0.444 e. The summed E-state index contributed by atoms with van der Waals surface area (Å²) in [5.41, 5.74) is 0.0324. The van der Waals surface area contributed by atoms with Gasteiger partial charge >= 0.3 is 6.09 Å². The minimum atomic E-state index is -0.679. The van der Waals surface area contributed by atoms with Gasteiger partial charge in [-0.1, -0.05) is 24.3 Å². The van der Waals surface area contributed by atoms with Crippen LogP contribution in [-0.4, -0.2) is 36.5 Å². The number of ketones is 1. The Labute approximate surface area is 155 Å². The van der Waals surface area contributed by atoms with Gasteiger partial charge in [0.05, 0.1) is 5.54 Å². The number of allylic oxidation sites excluding steroid dienone is 1. The van der Waals surface area contributed by atoms with E-state index in [0.29, 0.717) is 5.56 Å². The van der Waals surface area contributed by atoms with Crippen molar-refractivity contribution in [3.8, 4) is 6.07 Å². The van der Waals surface area contributed by atoms with Crippen LogP contribution in [0.2, 0.25) is 0 Å². The van der Waals surface area contributed by atoms with Gasteiger partial charge < -0.3 is 15.0 Å². The molecule has 0 atom stereocenters. The van der Waals surface area contributed by atoms with Gasteiger partial charge in [0.25, 0.3) is 0 Å². The highest BCUT2D eigenvalue weighted by Crippen LogP contribution is 2.22. The average molecular weight is 357 g/mol.